The van der Waals surface area contributed by atoms with E-state index in [0.717, 1.165) is 14.7 Å². The van der Waals surface area contributed by atoms with Gasteiger partial charge in [-0.1, -0.05) is 24.3 Å². The van der Waals surface area contributed by atoms with Gasteiger partial charge in [-0.3, -0.25) is 0 Å². The first-order chi connectivity index (χ1) is 9.35. The van der Waals surface area contributed by atoms with Crippen LogP contribution in [0, 0.1) is 3.57 Å². The molecule has 2 aromatic carbocycles. The Morgan fingerprint density at radius 3 is 1.80 bits per heavy atom. The van der Waals surface area contributed by atoms with Crippen molar-refractivity contribution < 1.29 is 17.9 Å². The standard InChI is InChI=1S/C14H11F3INO/c15-14(16,17)20-12-7-3-10(4-8-12)13(19)9-1-5-11(18)6-2-9/h1-8,13H,19H2/t13-/m0/s1. The van der Waals surface area contributed by atoms with Crippen molar-refractivity contribution >= 4 is 22.6 Å². The zero-order valence-corrected chi connectivity index (χ0v) is 12.4. The summed E-state index contributed by atoms with van der Waals surface area (Å²) in [5.74, 6) is -0.254. The van der Waals surface area contributed by atoms with Crippen molar-refractivity contribution in [2.75, 3.05) is 0 Å². The third kappa shape index (κ3) is 4.11. The molecule has 2 nitrogen and oxygen atoms in total. The predicted octanol–water partition coefficient (Wildman–Crippen LogP) is 4.24. The Balaban J connectivity index is 2.15. The largest absolute Gasteiger partial charge is 0.573 e. The molecule has 2 N–H and O–H groups in total. The Bertz CT molecular complexity index is 566. The van der Waals surface area contributed by atoms with Crippen LogP contribution < -0.4 is 10.5 Å². The van der Waals surface area contributed by atoms with Crippen LogP contribution in [0.25, 0.3) is 0 Å². The SMILES string of the molecule is N[C@@H](c1ccc(I)cc1)c1ccc(OC(F)(F)F)cc1. The molecular weight excluding hydrogens is 382 g/mol. The minimum Gasteiger partial charge on any atom is -0.406 e. The fourth-order valence-corrected chi connectivity index (χ4v) is 2.10. The molecule has 20 heavy (non-hydrogen) atoms. The lowest BCUT2D eigenvalue weighted by Crippen LogP contribution is -2.17. The smallest absolute Gasteiger partial charge is 0.406 e. The Morgan fingerprint density at radius 2 is 1.35 bits per heavy atom. The number of alkyl halides is 3. The van der Waals surface area contributed by atoms with Crippen LogP contribution in [-0.4, -0.2) is 6.36 Å². The van der Waals surface area contributed by atoms with E-state index in [0.29, 0.717) is 0 Å². The van der Waals surface area contributed by atoms with E-state index in [2.05, 4.69) is 27.3 Å². The molecule has 0 amide bonds. The van der Waals surface area contributed by atoms with Gasteiger partial charge in [-0.15, -0.1) is 13.2 Å². The summed E-state index contributed by atoms with van der Waals surface area (Å²) in [6, 6.07) is 12.8. The second-order valence-electron chi connectivity index (χ2n) is 4.15. The van der Waals surface area contributed by atoms with Crippen molar-refractivity contribution in [3.8, 4) is 5.75 Å². The molecule has 1 atom stereocenters. The first kappa shape index (κ1) is 15.1. The summed E-state index contributed by atoms with van der Waals surface area (Å²) in [7, 11) is 0. The van der Waals surface area contributed by atoms with E-state index in [1.54, 1.807) is 0 Å². The van der Waals surface area contributed by atoms with Crippen molar-refractivity contribution in [2.24, 2.45) is 5.73 Å². The molecule has 0 unspecified atom stereocenters. The second-order valence-corrected chi connectivity index (χ2v) is 5.39. The van der Waals surface area contributed by atoms with Gasteiger partial charge in [-0.2, -0.15) is 0 Å². The molecular formula is C14H11F3INO. The Morgan fingerprint density at radius 1 is 0.900 bits per heavy atom. The summed E-state index contributed by atoms with van der Waals surface area (Å²) >= 11 is 2.19. The quantitative estimate of drug-likeness (QED) is 0.793. The van der Waals surface area contributed by atoms with Gasteiger partial charge in [0.2, 0.25) is 0 Å². The van der Waals surface area contributed by atoms with Crippen LogP contribution in [0.4, 0.5) is 13.2 Å². The topological polar surface area (TPSA) is 35.2 Å². The first-order valence-corrected chi connectivity index (χ1v) is 6.80. The zero-order valence-electron chi connectivity index (χ0n) is 10.2. The van der Waals surface area contributed by atoms with Gasteiger partial charge < -0.3 is 10.5 Å². The second kappa shape index (κ2) is 6.01. The minimum absolute atomic E-state index is 0.254. The molecule has 0 spiro atoms. The molecule has 2 aromatic rings. The van der Waals surface area contributed by atoms with E-state index in [1.807, 2.05) is 24.3 Å². The molecule has 0 aliphatic heterocycles. The van der Waals surface area contributed by atoms with Gasteiger partial charge in [-0.05, 0) is 58.0 Å². The van der Waals surface area contributed by atoms with Crippen LogP contribution in [0.3, 0.4) is 0 Å². The molecule has 0 fully saturated rings. The van der Waals surface area contributed by atoms with Crippen molar-refractivity contribution in [2.45, 2.75) is 12.4 Å². The molecule has 0 aliphatic carbocycles. The van der Waals surface area contributed by atoms with Gasteiger partial charge in [0, 0.05) is 3.57 Å². The van der Waals surface area contributed by atoms with Crippen molar-refractivity contribution in [1.82, 2.24) is 0 Å². The molecule has 0 bridgehead atoms. The molecule has 0 aromatic heterocycles. The lowest BCUT2D eigenvalue weighted by Gasteiger charge is -2.14. The molecule has 2 rings (SSSR count). The number of ether oxygens (including phenoxy) is 1. The van der Waals surface area contributed by atoms with Crippen LogP contribution in [0.5, 0.6) is 5.75 Å². The van der Waals surface area contributed by atoms with Crippen LogP contribution in [0.15, 0.2) is 48.5 Å². The Labute approximate surface area is 127 Å². The lowest BCUT2D eigenvalue weighted by atomic mass is 10.00. The van der Waals surface area contributed by atoms with Crippen molar-refractivity contribution in [3.63, 3.8) is 0 Å². The third-order valence-corrected chi connectivity index (χ3v) is 3.42. The highest BCUT2D eigenvalue weighted by Gasteiger charge is 2.31. The maximum Gasteiger partial charge on any atom is 0.573 e. The molecule has 6 heteroatoms. The fraction of sp³-hybridized carbons (Fsp3) is 0.143. The molecule has 106 valence electrons. The number of halogens is 4. The van der Waals surface area contributed by atoms with Gasteiger partial charge in [0.25, 0.3) is 0 Å². The maximum atomic E-state index is 12.1. The van der Waals surface area contributed by atoms with E-state index in [9.17, 15) is 13.2 Å². The number of rotatable bonds is 3. The fourth-order valence-electron chi connectivity index (χ4n) is 1.74. The number of benzene rings is 2. The summed E-state index contributed by atoms with van der Waals surface area (Å²) in [4.78, 5) is 0. The van der Waals surface area contributed by atoms with Crippen molar-refractivity contribution in [1.29, 1.82) is 0 Å². The van der Waals surface area contributed by atoms with Crippen LogP contribution in [0.1, 0.15) is 17.2 Å². The summed E-state index contributed by atoms with van der Waals surface area (Å²) in [5, 5.41) is 0. The molecule has 0 saturated heterocycles. The highest BCUT2D eigenvalue weighted by Crippen LogP contribution is 2.26. The summed E-state index contributed by atoms with van der Waals surface area (Å²) in [6.45, 7) is 0. The van der Waals surface area contributed by atoms with E-state index in [-0.39, 0.29) is 11.8 Å². The number of hydrogen-bond donors (Lipinski definition) is 1. The summed E-state index contributed by atoms with van der Waals surface area (Å²) < 4.78 is 41.1. The van der Waals surface area contributed by atoms with Gasteiger partial charge in [0.05, 0.1) is 6.04 Å². The van der Waals surface area contributed by atoms with Gasteiger partial charge in [-0.25, -0.2) is 0 Å². The van der Waals surface area contributed by atoms with E-state index in [1.165, 1.54) is 24.3 Å². The normalized spacial score (nSPS) is 13.1. The molecule has 0 radical (unpaired) electrons. The monoisotopic (exact) mass is 393 g/mol. The molecule has 0 aliphatic rings. The predicted molar refractivity (Wildman–Crippen MR) is 78.3 cm³/mol. The molecule has 0 saturated carbocycles. The third-order valence-electron chi connectivity index (χ3n) is 2.70. The minimum atomic E-state index is -4.68. The van der Waals surface area contributed by atoms with Gasteiger partial charge in [0.15, 0.2) is 0 Å². The average Bonchev–Trinajstić information content (AvgIpc) is 2.38. The van der Waals surface area contributed by atoms with Crippen molar-refractivity contribution in [3.05, 3.63) is 63.2 Å². The van der Waals surface area contributed by atoms with Crippen LogP contribution in [-0.2, 0) is 0 Å². The average molecular weight is 393 g/mol. The van der Waals surface area contributed by atoms with Crippen LogP contribution >= 0.6 is 22.6 Å². The Hall–Kier alpha value is -1.28. The van der Waals surface area contributed by atoms with E-state index >= 15 is 0 Å². The number of nitrogens with two attached hydrogens (primary N) is 1. The van der Waals surface area contributed by atoms with Gasteiger partial charge >= 0.3 is 6.36 Å². The Kier molecular flexibility index (Phi) is 4.54. The summed E-state index contributed by atoms with van der Waals surface area (Å²) in [6.07, 6.45) is -4.68. The lowest BCUT2D eigenvalue weighted by molar-refractivity contribution is -0.274. The van der Waals surface area contributed by atoms with Gasteiger partial charge in [0.1, 0.15) is 5.75 Å². The molecule has 0 heterocycles. The number of hydrogen-bond acceptors (Lipinski definition) is 2. The highest BCUT2D eigenvalue weighted by molar-refractivity contribution is 14.1. The highest BCUT2D eigenvalue weighted by atomic mass is 127. The summed E-state index contributed by atoms with van der Waals surface area (Å²) in [5.41, 5.74) is 7.70. The van der Waals surface area contributed by atoms with E-state index < -0.39 is 6.36 Å². The van der Waals surface area contributed by atoms with Crippen LogP contribution in [0.2, 0.25) is 0 Å². The first-order valence-electron chi connectivity index (χ1n) is 5.72. The maximum absolute atomic E-state index is 12.1. The van der Waals surface area contributed by atoms with E-state index in [4.69, 9.17) is 5.73 Å². The zero-order chi connectivity index (χ0) is 14.8.